The minimum atomic E-state index is -5.13. The van der Waals surface area contributed by atoms with Gasteiger partial charge in [0.1, 0.15) is 0 Å². The van der Waals surface area contributed by atoms with E-state index in [1.807, 2.05) is 0 Å². The molecule has 1 fully saturated rings. The molecule has 0 aromatic heterocycles. The zero-order chi connectivity index (χ0) is 23.1. The first-order valence-electron chi connectivity index (χ1n) is 9.78. The third kappa shape index (κ3) is 4.41. The van der Waals surface area contributed by atoms with E-state index >= 15 is 0 Å². The summed E-state index contributed by atoms with van der Waals surface area (Å²) in [6.07, 6.45) is -5.91. The number of halogens is 9. The maximum absolute atomic E-state index is 14.9. The summed E-state index contributed by atoms with van der Waals surface area (Å²) >= 11 is 0. The van der Waals surface area contributed by atoms with Crippen LogP contribution >= 0.6 is 0 Å². The molecule has 0 bridgehead atoms. The molecular formula is C22H19F9. The van der Waals surface area contributed by atoms with Gasteiger partial charge in [0.05, 0.1) is 11.5 Å². The Bertz CT molecular complexity index is 962. The van der Waals surface area contributed by atoms with Crippen molar-refractivity contribution in [2.45, 2.75) is 63.0 Å². The summed E-state index contributed by atoms with van der Waals surface area (Å²) in [7, 11) is 0. The van der Waals surface area contributed by atoms with Crippen molar-refractivity contribution in [2.75, 3.05) is 0 Å². The lowest BCUT2D eigenvalue weighted by Gasteiger charge is -2.37. The average molecular weight is 454 g/mol. The summed E-state index contributed by atoms with van der Waals surface area (Å²) in [4.78, 5) is 0. The van der Waals surface area contributed by atoms with Crippen molar-refractivity contribution in [3.63, 3.8) is 0 Å². The molecule has 170 valence electrons. The van der Waals surface area contributed by atoms with Crippen LogP contribution < -0.4 is 0 Å². The average Bonchev–Trinajstić information content (AvgIpc) is 2.67. The molecule has 3 rings (SSSR count). The van der Waals surface area contributed by atoms with Gasteiger partial charge in [0.25, 0.3) is 5.92 Å². The minimum Gasteiger partial charge on any atom is -0.206 e. The lowest BCUT2D eigenvalue weighted by Crippen LogP contribution is -2.34. The molecule has 1 aliphatic carbocycles. The number of hydrogen-bond acceptors (Lipinski definition) is 0. The first kappa shape index (κ1) is 23.5. The molecule has 31 heavy (non-hydrogen) atoms. The predicted octanol–water partition coefficient (Wildman–Crippen LogP) is 7.90. The quantitative estimate of drug-likeness (QED) is 0.412. The fourth-order valence-electron chi connectivity index (χ4n) is 4.23. The summed E-state index contributed by atoms with van der Waals surface area (Å²) in [6.45, 7) is 1.75. The molecule has 0 N–H and O–H groups in total. The van der Waals surface area contributed by atoms with Gasteiger partial charge >= 0.3 is 6.18 Å². The van der Waals surface area contributed by atoms with E-state index in [0.29, 0.717) is 18.6 Å². The maximum Gasteiger partial charge on any atom is 0.419 e. The molecule has 1 saturated carbocycles. The molecule has 0 radical (unpaired) electrons. The van der Waals surface area contributed by atoms with E-state index < -0.39 is 70.3 Å². The van der Waals surface area contributed by atoms with Crippen LogP contribution in [0.1, 0.15) is 66.7 Å². The predicted molar refractivity (Wildman–Crippen MR) is 96.0 cm³/mol. The van der Waals surface area contributed by atoms with Gasteiger partial charge in [0.2, 0.25) is 0 Å². The summed E-state index contributed by atoms with van der Waals surface area (Å²) in [5.41, 5.74) is -2.84. The van der Waals surface area contributed by atoms with Crippen molar-refractivity contribution >= 4 is 0 Å². The van der Waals surface area contributed by atoms with Crippen LogP contribution in [0.15, 0.2) is 24.3 Å². The molecule has 2 unspecified atom stereocenters. The summed E-state index contributed by atoms with van der Waals surface area (Å²) in [6, 6.07) is 3.34. The molecule has 0 spiro atoms. The van der Waals surface area contributed by atoms with E-state index in [0.717, 1.165) is 6.07 Å². The largest absolute Gasteiger partial charge is 0.419 e. The molecule has 0 aliphatic heterocycles. The van der Waals surface area contributed by atoms with E-state index in [-0.39, 0.29) is 24.8 Å². The van der Waals surface area contributed by atoms with E-state index in [9.17, 15) is 39.5 Å². The van der Waals surface area contributed by atoms with Crippen LogP contribution in [0, 0.1) is 23.3 Å². The molecule has 0 heterocycles. The lowest BCUT2D eigenvalue weighted by atomic mass is 9.73. The first-order chi connectivity index (χ1) is 14.4. The van der Waals surface area contributed by atoms with Crippen LogP contribution in [0.5, 0.6) is 0 Å². The number of hydrogen-bond donors (Lipinski definition) is 0. The summed E-state index contributed by atoms with van der Waals surface area (Å²) < 4.78 is 125. The second-order valence-electron chi connectivity index (χ2n) is 7.81. The van der Waals surface area contributed by atoms with Gasteiger partial charge in [0, 0.05) is 6.42 Å². The van der Waals surface area contributed by atoms with E-state index in [2.05, 4.69) is 0 Å². The topological polar surface area (TPSA) is 0 Å². The van der Waals surface area contributed by atoms with Crippen molar-refractivity contribution in [1.82, 2.24) is 0 Å². The SMILES string of the molecule is CCCc1ccc(C2CCC(c3ccc(C(F)(F)F)c(F)c3F)CC2(F)F)c(F)c1F. The smallest absolute Gasteiger partial charge is 0.206 e. The van der Waals surface area contributed by atoms with Crippen LogP contribution in [0.2, 0.25) is 0 Å². The van der Waals surface area contributed by atoms with Gasteiger partial charge in [-0.25, -0.2) is 26.3 Å². The Hall–Kier alpha value is -2.19. The molecule has 2 aromatic carbocycles. The Labute approximate surface area is 173 Å². The monoisotopic (exact) mass is 454 g/mol. The molecule has 1 aliphatic rings. The number of benzene rings is 2. The van der Waals surface area contributed by atoms with Gasteiger partial charge in [-0.15, -0.1) is 0 Å². The van der Waals surface area contributed by atoms with Gasteiger partial charge in [-0.2, -0.15) is 13.2 Å². The highest BCUT2D eigenvalue weighted by Gasteiger charge is 2.48. The zero-order valence-electron chi connectivity index (χ0n) is 16.4. The Kier molecular flexibility index (Phi) is 6.35. The van der Waals surface area contributed by atoms with Gasteiger partial charge in [-0.3, -0.25) is 0 Å². The second-order valence-corrected chi connectivity index (χ2v) is 7.81. The van der Waals surface area contributed by atoms with Crippen molar-refractivity contribution in [1.29, 1.82) is 0 Å². The fraction of sp³-hybridized carbons (Fsp3) is 0.455. The van der Waals surface area contributed by atoms with Gasteiger partial charge < -0.3 is 0 Å². The Morgan fingerprint density at radius 1 is 0.839 bits per heavy atom. The Morgan fingerprint density at radius 2 is 1.45 bits per heavy atom. The first-order valence-corrected chi connectivity index (χ1v) is 9.78. The standard InChI is InChI=1S/C22H19F9/c1-2-3-11-4-6-14(19(25)17(11)23)15-8-5-12(10-21(15,27)28)13-7-9-16(22(29,30)31)20(26)18(13)24/h4,6-7,9,12,15H,2-3,5,8,10H2,1H3. The van der Waals surface area contributed by atoms with Crippen LogP contribution in [-0.4, -0.2) is 5.92 Å². The minimum absolute atomic E-state index is 0.0723. The number of alkyl halides is 5. The zero-order valence-corrected chi connectivity index (χ0v) is 16.4. The van der Waals surface area contributed by atoms with E-state index in [1.165, 1.54) is 6.07 Å². The van der Waals surface area contributed by atoms with Crippen LogP contribution in [0.4, 0.5) is 39.5 Å². The molecule has 2 aromatic rings. The normalized spacial score (nSPS) is 21.4. The van der Waals surface area contributed by atoms with Crippen LogP contribution in [0.3, 0.4) is 0 Å². The molecular weight excluding hydrogens is 435 g/mol. The number of aryl methyl sites for hydroxylation is 1. The Balaban J connectivity index is 1.89. The molecule has 2 atom stereocenters. The molecule has 0 amide bonds. The number of rotatable bonds is 4. The Morgan fingerprint density at radius 3 is 2.03 bits per heavy atom. The highest BCUT2D eigenvalue weighted by Crippen LogP contribution is 2.51. The maximum atomic E-state index is 14.9. The van der Waals surface area contributed by atoms with Gasteiger partial charge in [-0.05, 0) is 47.9 Å². The second kappa shape index (κ2) is 8.39. The van der Waals surface area contributed by atoms with E-state index in [4.69, 9.17) is 0 Å². The van der Waals surface area contributed by atoms with Crippen molar-refractivity contribution in [2.24, 2.45) is 0 Å². The third-order valence-corrected chi connectivity index (χ3v) is 5.78. The fourth-order valence-corrected chi connectivity index (χ4v) is 4.23. The van der Waals surface area contributed by atoms with Gasteiger partial charge in [0.15, 0.2) is 23.3 Å². The molecule has 0 nitrogen and oxygen atoms in total. The van der Waals surface area contributed by atoms with Crippen LogP contribution in [-0.2, 0) is 12.6 Å². The highest BCUT2D eigenvalue weighted by molar-refractivity contribution is 5.34. The van der Waals surface area contributed by atoms with Crippen molar-refractivity contribution in [3.05, 3.63) is 69.8 Å². The van der Waals surface area contributed by atoms with Gasteiger partial charge in [-0.1, -0.05) is 31.5 Å². The van der Waals surface area contributed by atoms with Crippen molar-refractivity contribution < 1.29 is 39.5 Å². The van der Waals surface area contributed by atoms with Crippen LogP contribution in [0.25, 0.3) is 0 Å². The molecule has 9 heteroatoms. The third-order valence-electron chi connectivity index (χ3n) is 5.78. The summed E-state index contributed by atoms with van der Waals surface area (Å²) in [5, 5.41) is 0. The van der Waals surface area contributed by atoms with Crippen molar-refractivity contribution in [3.8, 4) is 0 Å². The summed E-state index contributed by atoms with van der Waals surface area (Å²) in [5.74, 6) is -13.1. The molecule has 0 saturated heterocycles. The van der Waals surface area contributed by atoms with E-state index in [1.54, 1.807) is 6.92 Å². The lowest BCUT2D eigenvalue weighted by molar-refractivity contribution is -0.140. The highest BCUT2D eigenvalue weighted by atomic mass is 19.4.